The number of rotatable bonds is 2. The maximum absolute atomic E-state index is 12.6. The number of aromatic nitrogens is 1. The lowest BCUT2D eigenvalue weighted by Gasteiger charge is -2.19. The zero-order valence-electron chi connectivity index (χ0n) is 12.7. The molecule has 1 aliphatic rings. The summed E-state index contributed by atoms with van der Waals surface area (Å²) in [5.74, 6) is -0.137. The standard InChI is InChI=1S/C17H11BrClN3O3/c18-15-8-3-1-2-4-10(8)21-16(15)17(24)22-11-6-13-12(5-9(11)19)20-14(23)7-25-13/h1-6,21H,7H2,(H,20,23)(H,22,24). The molecule has 2 heterocycles. The van der Waals surface area contributed by atoms with E-state index in [2.05, 4.69) is 31.5 Å². The van der Waals surface area contributed by atoms with Crippen LogP contribution in [0.5, 0.6) is 5.75 Å². The number of aromatic amines is 1. The van der Waals surface area contributed by atoms with Crippen molar-refractivity contribution in [3.63, 3.8) is 0 Å². The van der Waals surface area contributed by atoms with Crippen LogP contribution in [0.4, 0.5) is 11.4 Å². The van der Waals surface area contributed by atoms with Gasteiger partial charge in [0.15, 0.2) is 6.61 Å². The van der Waals surface area contributed by atoms with Gasteiger partial charge in [0.25, 0.3) is 11.8 Å². The predicted octanol–water partition coefficient (Wildman–Crippen LogP) is 4.17. The summed E-state index contributed by atoms with van der Waals surface area (Å²) in [7, 11) is 0. The molecule has 126 valence electrons. The second-order valence-electron chi connectivity index (χ2n) is 5.48. The van der Waals surface area contributed by atoms with Crippen molar-refractivity contribution in [1.29, 1.82) is 0 Å². The fourth-order valence-corrected chi connectivity index (χ4v) is 3.48. The van der Waals surface area contributed by atoms with Crippen molar-refractivity contribution in [2.75, 3.05) is 17.2 Å². The topological polar surface area (TPSA) is 83.2 Å². The summed E-state index contributed by atoms with van der Waals surface area (Å²) < 4.78 is 6.03. The normalized spacial score (nSPS) is 13.1. The minimum Gasteiger partial charge on any atom is -0.482 e. The molecule has 3 aromatic rings. The lowest BCUT2D eigenvalue weighted by atomic mass is 10.2. The summed E-state index contributed by atoms with van der Waals surface area (Å²) in [5, 5.41) is 6.64. The van der Waals surface area contributed by atoms with E-state index in [1.165, 1.54) is 0 Å². The lowest BCUT2D eigenvalue weighted by Crippen LogP contribution is -2.25. The second kappa shape index (κ2) is 6.09. The quantitative estimate of drug-likeness (QED) is 0.582. The van der Waals surface area contributed by atoms with Gasteiger partial charge in [-0.25, -0.2) is 0 Å². The molecule has 0 spiro atoms. The van der Waals surface area contributed by atoms with E-state index in [-0.39, 0.29) is 18.4 Å². The number of ether oxygens (including phenoxy) is 1. The second-order valence-corrected chi connectivity index (χ2v) is 6.68. The Bertz CT molecular complexity index is 1030. The largest absolute Gasteiger partial charge is 0.482 e. The summed E-state index contributed by atoms with van der Waals surface area (Å²) in [6.07, 6.45) is 0. The number of anilines is 2. The van der Waals surface area contributed by atoms with Gasteiger partial charge in [0.05, 0.1) is 20.9 Å². The van der Waals surface area contributed by atoms with Crippen LogP contribution in [0, 0.1) is 0 Å². The van der Waals surface area contributed by atoms with E-state index in [0.717, 1.165) is 10.9 Å². The first kappa shape index (κ1) is 16.0. The third-order valence-electron chi connectivity index (χ3n) is 3.82. The molecule has 0 fully saturated rings. The average Bonchev–Trinajstić information content (AvgIpc) is 2.93. The molecule has 0 bridgehead atoms. The molecule has 8 heteroatoms. The molecule has 25 heavy (non-hydrogen) atoms. The molecule has 0 unspecified atom stereocenters. The van der Waals surface area contributed by atoms with Crippen molar-refractivity contribution in [3.05, 3.63) is 51.6 Å². The van der Waals surface area contributed by atoms with Crippen LogP contribution in [-0.4, -0.2) is 23.4 Å². The lowest BCUT2D eigenvalue weighted by molar-refractivity contribution is -0.118. The zero-order valence-corrected chi connectivity index (χ0v) is 15.0. The first-order valence-corrected chi connectivity index (χ1v) is 8.54. The minimum atomic E-state index is -0.343. The maximum atomic E-state index is 12.6. The summed E-state index contributed by atoms with van der Waals surface area (Å²) in [4.78, 5) is 27.1. The van der Waals surface area contributed by atoms with Crippen LogP contribution < -0.4 is 15.4 Å². The first-order chi connectivity index (χ1) is 12.0. The van der Waals surface area contributed by atoms with E-state index >= 15 is 0 Å². The van der Waals surface area contributed by atoms with Crippen LogP contribution in [0.15, 0.2) is 40.9 Å². The molecule has 4 rings (SSSR count). The number of carbonyl (C=O) groups excluding carboxylic acids is 2. The number of halogens is 2. The van der Waals surface area contributed by atoms with Gasteiger partial charge in [0.2, 0.25) is 0 Å². The van der Waals surface area contributed by atoms with Gasteiger partial charge in [-0.15, -0.1) is 0 Å². The molecular weight excluding hydrogens is 410 g/mol. The third kappa shape index (κ3) is 2.85. The van der Waals surface area contributed by atoms with E-state index in [9.17, 15) is 9.59 Å². The van der Waals surface area contributed by atoms with E-state index < -0.39 is 0 Å². The number of hydrogen-bond donors (Lipinski definition) is 3. The molecule has 3 N–H and O–H groups in total. The van der Waals surface area contributed by atoms with Crippen LogP contribution >= 0.6 is 27.5 Å². The van der Waals surface area contributed by atoms with Crippen molar-refractivity contribution in [3.8, 4) is 5.75 Å². The van der Waals surface area contributed by atoms with Gasteiger partial charge in [-0.3, -0.25) is 9.59 Å². The fraction of sp³-hybridized carbons (Fsp3) is 0.0588. The number of H-pyrrole nitrogens is 1. The molecule has 1 aliphatic heterocycles. The number of para-hydroxylation sites is 1. The Morgan fingerprint density at radius 2 is 2.08 bits per heavy atom. The number of fused-ring (bicyclic) bond motifs is 2. The minimum absolute atomic E-state index is 0.0738. The van der Waals surface area contributed by atoms with Crippen LogP contribution in [0.1, 0.15) is 10.5 Å². The number of carbonyl (C=O) groups is 2. The van der Waals surface area contributed by atoms with Crippen LogP contribution in [0.2, 0.25) is 5.02 Å². The number of hydrogen-bond acceptors (Lipinski definition) is 3. The van der Waals surface area contributed by atoms with Gasteiger partial charge in [0, 0.05) is 17.0 Å². The molecule has 1 aromatic heterocycles. The highest BCUT2D eigenvalue weighted by Gasteiger charge is 2.21. The monoisotopic (exact) mass is 419 g/mol. The van der Waals surface area contributed by atoms with Gasteiger partial charge >= 0.3 is 0 Å². The SMILES string of the molecule is O=C1COc2cc(NC(=O)c3[nH]c4ccccc4c3Br)c(Cl)cc2N1. The van der Waals surface area contributed by atoms with Gasteiger partial charge in [-0.1, -0.05) is 29.8 Å². The molecule has 6 nitrogen and oxygen atoms in total. The van der Waals surface area contributed by atoms with Crippen molar-refractivity contribution >= 4 is 61.6 Å². The number of nitrogens with one attached hydrogen (secondary N) is 3. The van der Waals surface area contributed by atoms with Crippen molar-refractivity contribution in [2.45, 2.75) is 0 Å². The first-order valence-electron chi connectivity index (χ1n) is 7.36. The van der Waals surface area contributed by atoms with Crippen molar-refractivity contribution in [1.82, 2.24) is 4.98 Å². The van der Waals surface area contributed by atoms with Gasteiger partial charge in [0.1, 0.15) is 11.4 Å². The molecule has 0 saturated carbocycles. The van der Waals surface area contributed by atoms with Crippen molar-refractivity contribution < 1.29 is 14.3 Å². The molecule has 0 atom stereocenters. The Morgan fingerprint density at radius 1 is 1.28 bits per heavy atom. The van der Waals surface area contributed by atoms with E-state index in [1.54, 1.807) is 12.1 Å². The molecule has 2 amide bonds. The average molecular weight is 421 g/mol. The van der Waals surface area contributed by atoms with E-state index in [4.69, 9.17) is 16.3 Å². The fourth-order valence-electron chi connectivity index (χ4n) is 2.64. The Labute approximate surface area is 155 Å². The highest BCUT2D eigenvalue weighted by molar-refractivity contribution is 9.10. The molecule has 0 saturated heterocycles. The van der Waals surface area contributed by atoms with E-state index in [0.29, 0.717) is 32.3 Å². The summed E-state index contributed by atoms with van der Waals surface area (Å²) >= 11 is 9.67. The Hall–Kier alpha value is -2.51. The molecule has 0 aliphatic carbocycles. The Morgan fingerprint density at radius 3 is 2.88 bits per heavy atom. The number of benzene rings is 2. The molecule has 2 aromatic carbocycles. The zero-order chi connectivity index (χ0) is 17.6. The Balaban J connectivity index is 1.66. The van der Waals surface area contributed by atoms with Crippen LogP contribution in [0.3, 0.4) is 0 Å². The summed E-state index contributed by atoms with van der Waals surface area (Å²) in [6.45, 7) is -0.0738. The highest BCUT2D eigenvalue weighted by Crippen LogP contribution is 2.37. The highest BCUT2D eigenvalue weighted by atomic mass is 79.9. The Kier molecular flexibility index (Phi) is 3.89. The van der Waals surface area contributed by atoms with Crippen LogP contribution in [-0.2, 0) is 4.79 Å². The predicted molar refractivity (Wildman–Crippen MR) is 99.5 cm³/mol. The van der Waals surface area contributed by atoms with E-state index in [1.807, 2.05) is 24.3 Å². The molecular formula is C17H11BrClN3O3. The maximum Gasteiger partial charge on any atom is 0.273 e. The van der Waals surface area contributed by atoms with Crippen LogP contribution in [0.25, 0.3) is 10.9 Å². The third-order valence-corrected chi connectivity index (χ3v) is 4.96. The van der Waals surface area contributed by atoms with Gasteiger partial charge in [-0.2, -0.15) is 0 Å². The van der Waals surface area contributed by atoms with Gasteiger partial charge < -0.3 is 20.4 Å². The van der Waals surface area contributed by atoms with Crippen molar-refractivity contribution in [2.24, 2.45) is 0 Å². The number of amides is 2. The summed E-state index contributed by atoms with van der Waals surface area (Å²) in [6, 6.07) is 10.7. The summed E-state index contributed by atoms with van der Waals surface area (Å²) in [5.41, 5.74) is 2.12. The molecule has 0 radical (unpaired) electrons. The smallest absolute Gasteiger partial charge is 0.273 e. The van der Waals surface area contributed by atoms with Gasteiger partial charge in [-0.05, 0) is 28.1 Å².